The summed E-state index contributed by atoms with van der Waals surface area (Å²) >= 11 is 0. The van der Waals surface area contributed by atoms with E-state index < -0.39 is 9.05 Å². The summed E-state index contributed by atoms with van der Waals surface area (Å²) in [4.78, 5) is 3.78. The maximum atomic E-state index is 11.0. The van der Waals surface area contributed by atoms with Gasteiger partial charge in [0, 0.05) is 16.1 Å². The van der Waals surface area contributed by atoms with E-state index in [0.29, 0.717) is 5.39 Å². The topological polar surface area (TPSA) is 67.3 Å². The van der Waals surface area contributed by atoms with Crippen molar-refractivity contribution < 1.29 is 13.5 Å². The standard InChI is InChI=1S/C9H6ClNO3S/c10-15(13,14)8-5-4-6-2-1-3-7(12)9(6)11-8/h1-5,12H. The Morgan fingerprint density at radius 3 is 2.60 bits per heavy atom. The molecular weight excluding hydrogens is 238 g/mol. The van der Waals surface area contributed by atoms with Crippen LogP contribution in [0.5, 0.6) is 5.75 Å². The second-order valence-electron chi connectivity index (χ2n) is 2.94. The highest BCUT2D eigenvalue weighted by Gasteiger charge is 2.13. The van der Waals surface area contributed by atoms with E-state index in [-0.39, 0.29) is 16.3 Å². The molecular formula is C9H6ClNO3S. The van der Waals surface area contributed by atoms with E-state index in [1.807, 2.05) is 0 Å². The lowest BCUT2D eigenvalue weighted by Crippen LogP contribution is -1.94. The molecule has 4 nitrogen and oxygen atoms in total. The molecule has 1 aromatic carbocycles. The van der Waals surface area contributed by atoms with Gasteiger partial charge in [0.25, 0.3) is 9.05 Å². The summed E-state index contributed by atoms with van der Waals surface area (Å²) in [5.74, 6) is -0.0744. The van der Waals surface area contributed by atoms with Gasteiger partial charge in [-0.25, -0.2) is 13.4 Å². The molecule has 1 heterocycles. The molecule has 6 heteroatoms. The molecule has 0 unspecified atom stereocenters. The van der Waals surface area contributed by atoms with Gasteiger partial charge in [-0.3, -0.25) is 0 Å². The second-order valence-corrected chi connectivity index (χ2v) is 5.45. The highest BCUT2D eigenvalue weighted by molar-refractivity contribution is 8.13. The van der Waals surface area contributed by atoms with E-state index >= 15 is 0 Å². The third-order valence-corrected chi connectivity index (χ3v) is 3.12. The third-order valence-electron chi connectivity index (χ3n) is 1.92. The van der Waals surface area contributed by atoms with Gasteiger partial charge in [-0.1, -0.05) is 12.1 Å². The minimum absolute atomic E-state index is 0.0744. The summed E-state index contributed by atoms with van der Waals surface area (Å²) in [7, 11) is 1.28. The molecule has 78 valence electrons. The number of benzene rings is 1. The molecule has 15 heavy (non-hydrogen) atoms. The summed E-state index contributed by atoms with van der Waals surface area (Å²) in [6.07, 6.45) is 0. The van der Waals surface area contributed by atoms with Gasteiger partial charge in [0.05, 0.1) is 0 Å². The van der Waals surface area contributed by atoms with E-state index in [4.69, 9.17) is 10.7 Å². The highest BCUT2D eigenvalue weighted by Crippen LogP contribution is 2.24. The molecule has 2 rings (SSSR count). The molecule has 1 N–H and O–H groups in total. The molecule has 1 aromatic heterocycles. The SMILES string of the molecule is O=S(=O)(Cl)c1ccc2cccc(O)c2n1. The fourth-order valence-corrected chi connectivity index (χ4v) is 1.94. The molecule has 2 aromatic rings. The lowest BCUT2D eigenvalue weighted by molar-refractivity contribution is 0.480. The van der Waals surface area contributed by atoms with Gasteiger partial charge < -0.3 is 5.11 Å². The van der Waals surface area contributed by atoms with Crippen LogP contribution in [0.4, 0.5) is 0 Å². The van der Waals surface area contributed by atoms with Crippen LogP contribution in [0.15, 0.2) is 35.4 Å². The number of aromatic hydroxyl groups is 1. The van der Waals surface area contributed by atoms with Gasteiger partial charge in [0.2, 0.25) is 0 Å². The fourth-order valence-electron chi connectivity index (χ4n) is 1.25. The van der Waals surface area contributed by atoms with Crippen LogP contribution in [0.2, 0.25) is 0 Å². The number of para-hydroxylation sites is 1. The summed E-state index contributed by atoms with van der Waals surface area (Å²) in [6.45, 7) is 0. The average Bonchev–Trinajstić information content (AvgIpc) is 2.16. The zero-order valence-corrected chi connectivity index (χ0v) is 8.96. The smallest absolute Gasteiger partial charge is 0.278 e. The van der Waals surface area contributed by atoms with E-state index in [0.717, 1.165) is 0 Å². The van der Waals surface area contributed by atoms with Crippen molar-refractivity contribution in [2.75, 3.05) is 0 Å². The van der Waals surface area contributed by atoms with Crippen molar-refractivity contribution in [3.8, 4) is 5.75 Å². The lowest BCUT2D eigenvalue weighted by atomic mass is 10.2. The van der Waals surface area contributed by atoms with E-state index in [1.54, 1.807) is 12.1 Å². The Bertz CT molecular complexity index is 624. The van der Waals surface area contributed by atoms with Gasteiger partial charge in [0.15, 0.2) is 5.03 Å². The molecule has 0 saturated heterocycles. The molecule has 0 fully saturated rings. The number of rotatable bonds is 1. The number of pyridine rings is 1. The van der Waals surface area contributed by atoms with Gasteiger partial charge in [-0.15, -0.1) is 0 Å². The molecule has 0 aliphatic rings. The molecule has 0 aliphatic carbocycles. The monoisotopic (exact) mass is 243 g/mol. The third kappa shape index (κ3) is 1.88. The molecule has 0 aliphatic heterocycles. The maximum Gasteiger partial charge on any atom is 0.278 e. The van der Waals surface area contributed by atoms with E-state index in [9.17, 15) is 13.5 Å². The van der Waals surface area contributed by atoms with Crippen LogP contribution in [0, 0.1) is 0 Å². The van der Waals surface area contributed by atoms with Crippen LogP contribution in [-0.4, -0.2) is 18.5 Å². The number of hydrogen-bond donors (Lipinski definition) is 1. The predicted molar refractivity (Wildman–Crippen MR) is 56.4 cm³/mol. The number of aromatic nitrogens is 1. The van der Waals surface area contributed by atoms with E-state index in [2.05, 4.69) is 4.98 Å². The van der Waals surface area contributed by atoms with Crippen LogP contribution >= 0.6 is 10.7 Å². The Morgan fingerprint density at radius 1 is 1.20 bits per heavy atom. The van der Waals surface area contributed by atoms with Crippen molar-refractivity contribution in [2.24, 2.45) is 0 Å². The minimum atomic E-state index is -3.86. The van der Waals surface area contributed by atoms with Crippen molar-refractivity contribution in [2.45, 2.75) is 5.03 Å². The molecule has 0 bridgehead atoms. The number of phenols is 1. The molecule has 0 radical (unpaired) electrons. The van der Waals surface area contributed by atoms with Gasteiger partial charge >= 0.3 is 0 Å². The predicted octanol–water partition coefficient (Wildman–Crippen LogP) is 1.87. The summed E-state index contributed by atoms with van der Waals surface area (Å²) in [5, 5.41) is 9.85. The van der Waals surface area contributed by atoms with E-state index in [1.165, 1.54) is 18.2 Å². The fraction of sp³-hybridized carbons (Fsp3) is 0. The number of phenolic OH excluding ortho intramolecular Hbond substituents is 1. The number of halogens is 1. The number of nitrogens with zero attached hydrogens (tertiary/aromatic N) is 1. The van der Waals surface area contributed by atoms with Crippen LogP contribution in [-0.2, 0) is 9.05 Å². The summed E-state index contributed by atoms with van der Waals surface area (Å²) in [5.41, 5.74) is 0.222. The first kappa shape index (κ1) is 10.2. The van der Waals surface area contributed by atoms with Crippen LogP contribution in [0.3, 0.4) is 0 Å². The van der Waals surface area contributed by atoms with Crippen molar-refractivity contribution in [3.05, 3.63) is 30.3 Å². The quantitative estimate of drug-likeness (QED) is 0.777. The summed E-state index contributed by atoms with van der Waals surface area (Å²) < 4.78 is 22.0. The number of fused-ring (bicyclic) bond motifs is 1. The zero-order chi connectivity index (χ0) is 11.1. The first-order chi connectivity index (χ1) is 6.98. The van der Waals surface area contributed by atoms with Crippen LogP contribution in [0.25, 0.3) is 10.9 Å². The normalized spacial score (nSPS) is 11.8. The Labute approximate surface area is 90.6 Å². The Kier molecular flexibility index (Phi) is 2.28. The van der Waals surface area contributed by atoms with Crippen molar-refractivity contribution >= 4 is 30.6 Å². The van der Waals surface area contributed by atoms with Crippen molar-refractivity contribution in [1.29, 1.82) is 0 Å². The summed E-state index contributed by atoms with van der Waals surface area (Å²) in [6, 6.07) is 7.63. The largest absolute Gasteiger partial charge is 0.506 e. The van der Waals surface area contributed by atoms with Crippen LogP contribution < -0.4 is 0 Å². The van der Waals surface area contributed by atoms with Gasteiger partial charge in [-0.05, 0) is 18.2 Å². The Morgan fingerprint density at radius 2 is 1.93 bits per heavy atom. The van der Waals surface area contributed by atoms with Gasteiger partial charge in [-0.2, -0.15) is 0 Å². The van der Waals surface area contributed by atoms with Crippen molar-refractivity contribution in [3.63, 3.8) is 0 Å². The van der Waals surface area contributed by atoms with Crippen molar-refractivity contribution in [1.82, 2.24) is 4.98 Å². The Hall–Kier alpha value is -1.33. The molecule has 0 saturated carbocycles. The second kappa shape index (κ2) is 3.36. The van der Waals surface area contributed by atoms with Crippen LogP contribution in [0.1, 0.15) is 0 Å². The minimum Gasteiger partial charge on any atom is -0.506 e. The Balaban J connectivity index is 2.81. The first-order valence-corrected chi connectivity index (χ1v) is 6.33. The number of hydrogen-bond acceptors (Lipinski definition) is 4. The molecule has 0 atom stereocenters. The average molecular weight is 244 g/mol. The lowest BCUT2D eigenvalue weighted by Gasteiger charge is -2.01. The first-order valence-electron chi connectivity index (χ1n) is 4.02. The molecule has 0 amide bonds. The highest BCUT2D eigenvalue weighted by atomic mass is 35.7. The zero-order valence-electron chi connectivity index (χ0n) is 7.38. The maximum absolute atomic E-state index is 11.0. The molecule has 0 spiro atoms. The van der Waals surface area contributed by atoms with Gasteiger partial charge in [0.1, 0.15) is 11.3 Å².